The van der Waals surface area contributed by atoms with Crippen LogP contribution in [0.5, 0.6) is 0 Å². The van der Waals surface area contributed by atoms with Crippen molar-refractivity contribution in [2.45, 2.75) is 65.3 Å². The number of aromatic nitrogens is 4. The van der Waals surface area contributed by atoms with E-state index in [0.717, 1.165) is 5.56 Å². The largest absolute Gasteiger partial charge is 0.464 e. The van der Waals surface area contributed by atoms with E-state index in [1.54, 1.807) is 49.0 Å². The first-order valence-electron chi connectivity index (χ1n) is 12.3. The van der Waals surface area contributed by atoms with Crippen molar-refractivity contribution in [3.05, 3.63) is 48.0 Å². The topological polar surface area (TPSA) is 170 Å². The lowest BCUT2D eigenvalue weighted by Crippen LogP contribution is -2.49. The smallest absolute Gasteiger partial charge is 0.326 e. The van der Waals surface area contributed by atoms with E-state index >= 15 is 0 Å². The summed E-state index contributed by atoms with van der Waals surface area (Å²) in [5.41, 5.74) is 7.05. The lowest BCUT2D eigenvalue weighted by atomic mass is 10.1. The molecule has 2 aromatic heterocycles. The molecule has 0 aliphatic carbocycles. The summed E-state index contributed by atoms with van der Waals surface area (Å²) < 4.78 is 27.3. The zero-order valence-corrected chi connectivity index (χ0v) is 23.2. The summed E-state index contributed by atoms with van der Waals surface area (Å²) in [6, 6.07) is 8.69. The highest BCUT2D eigenvalue weighted by Crippen LogP contribution is 2.42. The van der Waals surface area contributed by atoms with Gasteiger partial charge in [0.1, 0.15) is 23.7 Å². The Hall–Kier alpha value is -3.36. The van der Waals surface area contributed by atoms with E-state index in [9.17, 15) is 9.36 Å². The van der Waals surface area contributed by atoms with E-state index in [0.29, 0.717) is 29.7 Å². The highest BCUT2D eigenvalue weighted by Gasteiger charge is 2.38. The number of carbonyl (C=O) groups excluding carboxylic acids is 1. The number of carbonyl (C=O) groups is 1. The number of ether oxygens (including phenoxy) is 2. The number of fused-ring (bicyclic) bond motifs is 1. The second-order valence-corrected chi connectivity index (χ2v) is 11.9. The molecule has 0 saturated heterocycles. The maximum atomic E-state index is 14.2. The van der Waals surface area contributed by atoms with Crippen LogP contribution in [0.4, 0.5) is 5.82 Å². The molecule has 0 bridgehead atoms. The maximum Gasteiger partial charge on any atom is 0.326 e. The Balaban J connectivity index is 1.77. The Labute approximate surface area is 222 Å². The van der Waals surface area contributed by atoms with E-state index in [1.165, 1.54) is 6.33 Å². The molecular formula is C25H35N8O4P. The average Bonchev–Trinajstić information content (AvgIpc) is 3.29. The van der Waals surface area contributed by atoms with Crippen molar-refractivity contribution in [3.8, 4) is 6.07 Å². The Bertz CT molecular complexity index is 1340. The van der Waals surface area contributed by atoms with Crippen LogP contribution in [0.25, 0.3) is 11.2 Å². The number of nitrogen functional groups attached to an aromatic ring is 1. The van der Waals surface area contributed by atoms with Gasteiger partial charge in [0.05, 0.1) is 37.2 Å². The number of benzene rings is 1. The van der Waals surface area contributed by atoms with Gasteiger partial charge in [0, 0.05) is 6.04 Å². The summed E-state index contributed by atoms with van der Waals surface area (Å²) in [5.74, 6) is -0.225. The van der Waals surface area contributed by atoms with Gasteiger partial charge in [-0.2, -0.15) is 5.26 Å². The average molecular weight is 543 g/mol. The van der Waals surface area contributed by atoms with E-state index in [4.69, 9.17) is 20.5 Å². The van der Waals surface area contributed by atoms with E-state index in [2.05, 4.69) is 31.2 Å². The molecule has 2 heterocycles. The minimum atomic E-state index is -3.53. The van der Waals surface area contributed by atoms with Crippen LogP contribution in [0.1, 0.15) is 58.2 Å². The molecule has 204 valence electrons. The number of rotatable bonds is 13. The Morgan fingerprint density at radius 2 is 1.95 bits per heavy atom. The Morgan fingerprint density at radius 1 is 1.24 bits per heavy atom. The summed E-state index contributed by atoms with van der Waals surface area (Å²) in [4.78, 5) is 25.2. The van der Waals surface area contributed by atoms with Gasteiger partial charge in [-0.15, -0.1) is 0 Å². The lowest BCUT2D eigenvalue weighted by Gasteiger charge is -2.33. The molecule has 1 unspecified atom stereocenters. The molecule has 1 aromatic carbocycles. The van der Waals surface area contributed by atoms with Gasteiger partial charge in [-0.25, -0.2) is 25.1 Å². The Kier molecular flexibility index (Phi) is 9.57. The number of hydrogen-bond donors (Lipinski definition) is 3. The van der Waals surface area contributed by atoms with Crippen LogP contribution in [0.15, 0.2) is 36.9 Å². The highest BCUT2D eigenvalue weighted by atomic mass is 31.2. The first-order chi connectivity index (χ1) is 18.0. The SMILES string of the molecule is CCCOC(=O)C(C)(C)NP(=O)(CO[C@H](C)Cn1cnc2c(N)ncnc21)N[C@H](C)c1ccc(C#N)cc1. The van der Waals surface area contributed by atoms with Gasteiger partial charge in [0.2, 0.25) is 7.44 Å². The van der Waals surface area contributed by atoms with Gasteiger partial charge >= 0.3 is 5.97 Å². The quantitative estimate of drug-likeness (QED) is 0.213. The minimum Gasteiger partial charge on any atom is -0.464 e. The molecule has 13 heteroatoms. The first-order valence-corrected chi connectivity index (χ1v) is 14.2. The van der Waals surface area contributed by atoms with Crippen LogP contribution in [0.3, 0.4) is 0 Å². The van der Waals surface area contributed by atoms with Crippen molar-refractivity contribution in [2.24, 2.45) is 0 Å². The molecule has 3 atom stereocenters. The van der Waals surface area contributed by atoms with Crippen molar-refractivity contribution in [3.63, 3.8) is 0 Å². The number of nitrogens with one attached hydrogen (secondary N) is 2. The van der Waals surface area contributed by atoms with Crippen LogP contribution in [0, 0.1) is 11.3 Å². The standard InChI is InChI=1S/C25H35N8O4P/c1-6-11-36-24(34)25(4,5)32-38(35,31-18(3)20-9-7-19(12-26)8-10-20)16-37-17(2)13-33-15-30-21-22(27)28-14-29-23(21)33/h7-10,14-15,17-18H,6,11,13,16H2,1-5H3,(H2,27,28,29)(H2,31,32,35)/t17-,18-,38?/m1/s1. The molecule has 3 rings (SSSR count). The van der Waals surface area contributed by atoms with Gasteiger partial charge in [0.25, 0.3) is 0 Å². The van der Waals surface area contributed by atoms with Crippen LogP contribution in [-0.4, -0.2) is 50.1 Å². The van der Waals surface area contributed by atoms with Crippen LogP contribution in [0.2, 0.25) is 0 Å². The molecule has 0 fully saturated rings. The zero-order chi connectivity index (χ0) is 27.9. The molecule has 0 aliphatic rings. The molecular weight excluding hydrogens is 507 g/mol. The van der Waals surface area contributed by atoms with E-state index < -0.39 is 19.0 Å². The predicted molar refractivity (Wildman–Crippen MR) is 144 cm³/mol. The molecule has 0 aliphatic heterocycles. The van der Waals surface area contributed by atoms with Gasteiger partial charge < -0.3 is 19.8 Å². The number of nitrogens with two attached hydrogens (primary N) is 1. The van der Waals surface area contributed by atoms with E-state index in [-0.39, 0.29) is 30.9 Å². The number of nitrogens with zero attached hydrogens (tertiary/aromatic N) is 5. The lowest BCUT2D eigenvalue weighted by molar-refractivity contribution is -0.149. The zero-order valence-electron chi connectivity index (χ0n) is 22.3. The number of nitriles is 1. The number of anilines is 1. The van der Waals surface area contributed by atoms with Gasteiger partial charge in [-0.3, -0.25) is 9.36 Å². The van der Waals surface area contributed by atoms with Crippen molar-refractivity contribution in [1.29, 1.82) is 5.26 Å². The van der Waals surface area contributed by atoms with Gasteiger partial charge in [0.15, 0.2) is 11.5 Å². The summed E-state index contributed by atoms with van der Waals surface area (Å²) in [6.07, 6.45) is 3.05. The van der Waals surface area contributed by atoms with Gasteiger partial charge in [-0.05, 0) is 51.8 Å². The molecule has 0 radical (unpaired) electrons. The monoisotopic (exact) mass is 542 g/mol. The van der Waals surface area contributed by atoms with Crippen molar-refractivity contribution in [2.75, 3.05) is 18.7 Å². The van der Waals surface area contributed by atoms with E-state index in [1.807, 2.05) is 20.8 Å². The fraction of sp³-hybridized carbons (Fsp3) is 0.480. The third-order valence-corrected chi connectivity index (χ3v) is 8.01. The summed E-state index contributed by atoms with van der Waals surface area (Å²) in [7, 11) is -3.53. The van der Waals surface area contributed by atoms with Gasteiger partial charge in [-0.1, -0.05) is 19.1 Å². The summed E-state index contributed by atoms with van der Waals surface area (Å²) in [5, 5.41) is 15.2. The molecule has 12 nitrogen and oxygen atoms in total. The fourth-order valence-corrected chi connectivity index (χ4v) is 6.24. The third kappa shape index (κ3) is 7.36. The summed E-state index contributed by atoms with van der Waals surface area (Å²) >= 11 is 0. The van der Waals surface area contributed by atoms with Crippen molar-refractivity contribution >= 4 is 30.4 Å². The number of imidazole rings is 1. The van der Waals surface area contributed by atoms with Crippen LogP contribution in [-0.2, 0) is 25.4 Å². The second kappa shape index (κ2) is 12.5. The number of hydrogen-bond acceptors (Lipinski definition) is 9. The van der Waals surface area contributed by atoms with Crippen molar-refractivity contribution < 1.29 is 18.8 Å². The molecule has 38 heavy (non-hydrogen) atoms. The predicted octanol–water partition coefficient (Wildman–Crippen LogP) is 3.51. The Morgan fingerprint density at radius 3 is 2.61 bits per heavy atom. The molecule has 3 aromatic rings. The fourth-order valence-electron chi connectivity index (χ4n) is 3.80. The normalized spacial score (nSPS) is 14.9. The molecule has 0 spiro atoms. The molecule has 0 amide bonds. The third-order valence-electron chi connectivity index (χ3n) is 5.77. The molecule has 0 saturated carbocycles. The maximum absolute atomic E-state index is 14.2. The second-order valence-electron chi connectivity index (χ2n) is 9.63. The summed E-state index contributed by atoms with van der Waals surface area (Å²) in [6.45, 7) is 9.48. The van der Waals surface area contributed by atoms with Crippen LogP contribution >= 0.6 is 7.44 Å². The minimum absolute atomic E-state index is 0.205. The number of esters is 1. The van der Waals surface area contributed by atoms with Crippen LogP contribution < -0.4 is 15.9 Å². The highest BCUT2D eigenvalue weighted by molar-refractivity contribution is 7.59. The van der Waals surface area contributed by atoms with Crippen molar-refractivity contribution in [1.82, 2.24) is 29.7 Å². The first kappa shape index (κ1) is 29.2. The molecule has 4 N–H and O–H groups in total.